The van der Waals surface area contributed by atoms with Gasteiger partial charge in [0.15, 0.2) is 0 Å². The van der Waals surface area contributed by atoms with Gasteiger partial charge in [-0.25, -0.2) is 9.98 Å². The van der Waals surface area contributed by atoms with Crippen molar-refractivity contribution in [2.45, 2.75) is 6.17 Å². The summed E-state index contributed by atoms with van der Waals surface area (Å²) in [5.74, 6) is 1.34. The van der Waals surface area contributed by atoms with Crippen LogP contribution in [0.25, 0.3) is 0 Å². The average Bonchev–Trinajstić information content (AvgIpc) is 2.48. The van der Waals surface area contributed by atoms with Gasteiger partial charge < -0.3 is 16.2 Å². The van der Waals surface area contributed by atoms with E-state index in [4.69, 9.17) is 16.2 Å². The van der Waals surface area contributed by atoms with E-state index in [1.54, 1.807) is 36.7 Å². The third-order valence-electron chi connectivity index (χ3n) is 3.23. The molecule has 1 aliphatic heterocycles. The van der Waals surface area contributed by atoms with Crippen molar-refractivity contribution in [2.24, 2.45) is 10.7 Å². The zero-order chi connectivity index (χ0) is 14.1. The van der Waals surface area contributed by atoms with Crippen LogP contribution in [0.5, 0.6) is 5.75 Å². The Balaban J connectivity index is 2.04. The molecule has 0 spiro atoms. The van der Waals surface area contributed by atoms with Crippen LogP contribution in [-0.2, 0) is 0 Å². The number of rotatable bonds is 2. The molecule has 6 nitrogen and oxygen atoms in total. The molecule has 4 N–H and O–H groups in total. The molecular weight excluding hydrogens is 254 g/mol. The summed E-state index contributed by atoms with van der Waals surface area (Å²) in [6.07, 6.45) is 3.00. The average molecular weight is 269 g/mol. The van der Waals surface area contributed by atoms with Gasteiger partial charge in [0.2, 0.25) is 0 Å². The molecule has 1 aromatic heterocycles. The van der Waals surface area contributed by atoms with Crippen LogP contribution in [0.4, 0.5) is 17.2 Å². The number of methoxy groups -OCH3 is 1. The minimum atomic E-state index is -0.384. The normalized spacial score (nSPS) is 16.9. The second-order valence-electron chi connectivity index (χ2n) is 4.44. The predicted molar refractivity (Wildman–Crippen MR) is 79.2 cm³/mol. The lowest BCUT2D eigenvalue weighted by molar-refractivity contribution is 0.417. The summed E-state index contributed by atoms with van der Waals surface area (Å²) >= 11 is 0. The zero-order valence-electron chi connectivity index (χ0n) is 11.0. The summed E-state index contributed by atoms with van der Waals surface area (Å²) in [6, 6.07) is 9.22. The van der Waals surface area contributed by atoms with Gasteiger partial charge in [0.25, 0.3) is 0 Å². The van der Waals surface area contributed by atoms with E-state index in [1.807, 2.05) is 18.2 Å². The van der Waals surface area contributed by atoms with Crippen molar-refractivity contribution >= 4 is 23.5 Å². The number of nitrogens with two attached hydrogens (primary N) is 2. The Morgan fingerprint density at radius 1 is 1.30 bits per heavy atom. The van der Waals surface area contributed by atoms with Gasteiger partial charge in [-0.15, -0.1) is 0 Å². The quantitative estimate of drug-likeness (QED) is 0.811. The van der Waals surface area contributed by atoms with Crippen molar-refractivity contribution in [1.29, 1.82) is 0 Å². The third kappa shape index (κ3) is 1.96. The molecule has 0 saturated heterocycles. The number of hydrogen-bond donors (Lipinski definition) is 2. The van der Waals surface area contributed by atoms with Gasteiger partial charge in [-0.05, 0) is 18.2 Å². The Kier molecular flexibility index (Phi) is 3.00. The summed E-state index contributed by atoms with van der Waals surface area (Å²) in [5, 5.41) is 0. The molecule has 2 heterocycles. The van der Waals surface area contributed by atoms with E-state index in [0.29, 0.717) is 11.4 Å². The summed E-state index contributed by atoms with van der Waals surface area (Å²) in [7, 11) is 1.57. The SMILES string of the molecule is COc1cc2c(cc1N)C(N)N(c1ccccn1)C=N2. The van der Waals surface area contributed by atoms with Crippen LogP contribution in [-0.4, -0.2) is 18.4 Å². The molecule has 20 heavy (non-hydrogen) atoms. The van der Waals surface area contributed by atoms with Crippen LogP contribution in [0.15, 0.2) is 41.5 Å². The molecule has 3 rings (SSSR count). The third-order valence-corrected chi connectivity index (χ3v) is 3.23. The predicted octanol–water partition coefficient (Wildman–Crippen LogP) is 1.81. The smallest absolute Gasteiger partial charge is 0.143 e. The fourth-order valence-corrected chi connectivity index (χ4v) is 2.18. The molecule has 2 aromatic rings. The van der Waals surface area contributed by atoms with E-state index < -0.39 is 0 Å². The highest BCUT2D eigenvalue weighted by Gasteiger charge is 2.24. The standard InChI is InChI=1S/C14H15N5O/c1-20-12-7-11-9(6-10(12)15)14(16)19(8-18-11)13-4-2-3-5-17-13/h2-8,14H,15-16H2,1H3. The Hall–Kier alpha value is -2.60. The first-order chi connectivity index (χ1) is 9.70. The molecule has 1 aromatic carbocycles. The fourth-order valence-electron chi connectivity index (χ4n) is 2.18. The number of nitrogens with zero attached hydrogens (tertiary/aromatic N) is 3. The van der Waals surface area contributed by atoms with Crippen molar-refractivity contribution in [3.8, 4) is 5.75 Å². The maximum absolute atomic E-state index is 6.28. The van der Waals surface area contributed by atoms with E-state index >= 15 is 0 Å². The number of anilines is 2. The second kappa shape index (κ2) is 4.82. The molecule has 0 amide bonds. The first-order valence-electron chi connectivity index (χ1n) is 6.17. The molecule has 0 bridgehead atoms. The number of fused-ring (bicyclic) bond motifs is 1. The number of pyridine rings is 1. The Morgan fingerprint density at radius 3 is 2.85 bits per heavy atom. The molecule has 6 heteroatoms. The van der Waals surface area contributed by atoms with Crippen LogP contribution < -0.4 is 21.1 Å². The summed E-state index contributed by atoms with van der Waals surface area (Å²) in [6.45, 7) is 0. The maximum atomic E-state index is 6.28. The lowest BCUT2D eigenvalue weighted by Crippen LogP contribution is -2.36. The Labute approximate surface area is 116 Å². The number of hydrogen-bond acceptors (Lipinski definition) is 6. The van der Waals surface area contributed by atoms with Crippen LogP contribution >= 0.6 is 0 Å². The lowest BCUT2D eigenvalue weighted by Gasteiger charge is -2.30. The van der Waals surface area contributed by atoms with Gasteiger partial charge in [0.05, 0.1) is 24.8 Å². The highest BCUT2D eigenvalue weighted by molar-refractivity contribution is 5.85. The van der Waals surface area contributed by atoms with Crippen molar-refractivity contribution in [3.05, 3.63) is 42.1 Å². The monoisotopic (exact) mass is 269 g/mol. The van der Waals surface area contributed by atoms with Gasteiger partial charge in [0, 0.05) is 17.8 Å². The van der Waals surface area contributed by atoms with Crippen molar-refractivity contribution < 1.29 is 4.74 Å². The van der Waals surface area contributed by atoms with Crippen molar-refractivity contribution in [1.82, 2.24) is 4.98 Å². The molecular formula is C14H15N5O. The zero-order valence-corrected chi connectivity index (χ0v) is 11.0. The van der Waals surface area contributed by atoms with E-state index in [-0.39, 0.29) is 6.17 Å². The Morgan fingerprint density at radius 2 is 2.15 bits per heavy atom. The van der Waals surface area contributed by atoms with Crippen LogP contribution in [0.3, 0.4) is 0 Å². The maximum Gasteiger partial charge on any atom is 0.143 e. The fraction of sp³-hybridized carbons (Fsp3) is 0.143. The number of benzene rings is 1. The molecule has 1 aliphatic rings. The van der Waals surface area contributed by atoms with Crippen molar-refractivity contribution in [3.63, 3.8) is 0 Å². The Bertz CT molecular complexity index is 656. The molecule has 102 valence electrons. The number of ether oxygens (including phenoxy) is 1. The lowest BCUT2D eigenvalue weighted by atomic mass is 10.1. The van der Waals surface area contributed by atoms with E-state index in [1.165, 1.54) is 0 Å². The molecule has 1 atom stereocenters. The molecule has 1 unspecified atom stereocenters. The summed E-state index contributed by atoms with van der Waals surface area (Å²) in [4.78, 5) is 10.5. The van der Waals surface area contributed by atoms with E-state index in [2.05, 4.69) is 9.98 Å². The first-order valence-corrected chi connectivity index (χ1v) is 6.17. The minimum absolute atomic E-state index is 0.384. The number of aliphatic imine (C=N–C) groups is 1. The second-order valence-corrected chi connectivity index (χ2v) is 4.44. The number of aromatic nitrogens is 1. The highest BCUT2D eigenvalue weighted by atomic mass is 16.5. The number of nitrogen functional groups attached to an aromatic ring is 1. The van der Waals surface area contributed by atoms with Gasteiger partial charge >= 0.3 is 0 Å². The minimum Gasteiger partial charge on any atom is -0.495 e. The van der Waals surface area contributed by atoms with E-state index in [9.17, 15) is 0 Å². The topological polar surface area (TPSA) is 89.8 Å². The largest absolute Gasteiger partial charge is 0.495 e. The summed E-state index contributed by atoms with van der Waals surface area (Å²) < 4.78 is 5.19. The van der Waals surface area contributed by atoms with Crippen LogP contribution in [0.2, 0.25) is 0 Å². The van der Waals surface area contributed by atoms with E-state index in [0.717, 1.165) is 17.1 Å². The summed E-state index contributed by atoms with van der Waals surface area (Å²) in [5.41, 5.74) is 14.4. The van der Waals surface area contributed by atoms with Crippen LogP contribution in [0, 0.1) is 0 Å². The van der Waals surface area contributed by atoms with Gasteiger partial charge in [-0.2, -0.15) is 0 Å². The molecule has 0 fully saturated rings. The van der Waals surface area contributed by atoms with Crippen molar-refractivity contribution in [2.75, 3.05) is 17.7 Å². The molecule has 0 saturated carbocycles. The van der Waals surface area contributed by atoms with Crippen LogP contribution in [0.1, 0.15) is 11.7 Å². The highest BCUT2D eigenvalue weighted by Crippen LogP contribution is 2.37. The molecule has 0 aliphatic carbocycles. The van der Waals surface area contributed by atoms with Gasteiger partial charge in [-0.3, -0.25) is 4.90 Å². The van der Waals surface area contributed by atoms with Gasteiger partial charge in [0.1, 0.15) is 17.7 Å². The molecule has 0 radical (unpaired) electrons. The van der Waals surface area contributed by atoms with Gasteiger partial charge in [-0.1, -0.05) is 6.07 Å². The first kappa shape index (κ1) is 12.4.